The van der Waals surface area contributed by atoms with E-state index in [1.165, 1.54) is 37.7 Å². The number of fused-ring (bicyclic) bond motifs is 1. The molecule has 5 nitrogen and oxygen atoms in total. The molecule has 0 spiro atoms. The fraction of sp³-hybridized carbons (Fsp3) is 0.842. The molecule has 2 aliphatic heterocycles. The Morgan fingerprint density at radius 3 is 3.00 bits per heavy atom. The SMILES string of the molecule is Cn1cc(CN2CC[C@H]3OCCC[C@@]3(COCC3CCC3)C2)cn1. The molecule has 0 radical (unpaired) electrons. The first kappa shape index (κ1) is 16.6. The van der Waals surface area contributed by atoms with Crippen molar-refractivity contribution >= 4 is 0 Å². The van der Waals surface area contributed by atoms with Crippen LogP contribution in [0.1, 0.15) is 44.1 Å². The molecule has 1 aromatic heterocycles. The topological polar surface area (TPSA) is 39.5 Å². The van der Waals surface area contributed by atoms with Gasteiger partial charge in [0.25, 0.3) is 0 Å². The van der Waals surface area contributed by atoms with Crippen molar-refractivity contribution in [2.75, 3.05) is 32.9 Å². The molecule has 3 heterocycles. The molecule has 5 heteroatoms. The van der Waals surface area contributed by atoms with Crippen molar-refractivity contribution in [3.05, 3.63) is 18.0 Å². The second kappa shape index (κ2) is 7.14. The third-order valence-electron chi connectivity index (χ3n) is 6.20. The molecule has 2 atom stereocenters. The van der Waals surface area contributed by atoms with Gasteiger partial charge in [-0.1, -0.05) is 6.42 Å². The lowest BCUT2D eigenvalue weighted by Crippen LogP contribution is -2.56. The van der Waals surface area contributed by atoms with E-state index in [2.05, 4.69) is 16.2 Å². The first-order valence-corrected chi connectivity index (χ1v) is 9.63. The van der Waals surface area contributed by atoms with Crippen molar-refractivity contribution in [1.29, 1.82) is 0 Å². The summed E-state index contributed by atoms with van der Waals surface area (Å²) in [5.41, 5.74) is 1.50. The number of hydrogen-bond donors (Lipinski definition) is 0. The van der Waals surface area contributed by atoms with Gasteiger partial charge in [0.05, 0.1) is 18.9 Å². The third kappa shape index (κ3) is 3.53. The first-order chi connectivity index (χ1) is 11.7. The number of ether oxygens (including phenoxy) is 2. The lowest BCUT2D eigenvalue weighted by atomic mass is 9.73. The van der Waals surface area contributed by atoms with E-state index in [0.717, 1.165) is 51.8 Å². The van der Waals surface area contributed by atoms with Crippen molar-refractivity contribution < 1.29 is 9.47 Å². The summed E-state index contributed by atoms with van der Waals surface area (Å²) in [4.78, 5) is 2.58. The molecule has 1 aromatic rings. The highest BCUT2D eigenvalue weighted by atomic mass is 16.5. The zero-order valence-electron chi connectivity index (χ0n) is 15.0. The molecule has 0 unspecified atom stereocenters. The quantitative estimate of drug-likeness (QED) is 0.802. The van der Waals surface area contributed by atoms with E-state index in [-0.39, 0.29) is 5.41 Å². The smallest absolute Gasteiger partial charge is 0.0677 e. The Hall–Kier alpha value is -0.910. The molecule has 1 aliphatic carbocycles. The second-order valence-corrected chi connectivity index (χ2v) is 8.16. The Bertz CT molecular complexity index is 542. The molecule has 24 heavy (non-hydrogen) atoms. The molecule has 134 valence electrons. The Morgan fingerprint density at radius 2 is 2.25 bits per heavy atom. The van der Waals surface area contributed by atoms with Crippen molar-refractivity contribution in [3.8, 4) is 0 Å². The average molecular weight is 333 g/mol. The maximum atomic E-state index is 6.22. The summed E-state index contributed by atoms with van der Waals surface area (Å²) in [7, 11) is 1.99. The van der Waals surface area contributed by atoms with E-state index < -0.39 is 0 Å². The molecule has 1 saturated carbocycles. The number of likely N-dealkylation sites (tertiary alicyclic amines) is 1. The van der Waals surface area contributed by atoms with Crippen LogP contribution in [0.2, 0.25) is 0 Å². The van der Waals surface area contributed by atoms with Crippen LogP contribution in [-0.2, 0) is 23.1 Å². The minimum Gasteiger partial charge on any atom is -0.380 e. The van der Waals surface area contributed by atoms with Gasteiger partial charge in [-0.15, -0.1) is 0 Å². The van der Waals surface area contributed by atoms with Gasteiger partial charge in [0.2, 0.25) is 0 Å². The van der Waals surface area contributed by atoms with Gasteiger partial charge in [0, 0.05) is 57.1 Å². The summed E-state index contributed by atoms with van der Waals surface area (Å²) in [6.07, 6.45) is 12.2. The summed E-state index contributed by atoms with van der Waals surface area (Å²) >= 11 is 0. The van der Waals surface area contributed by atoms with Gasteiger partial charge in [-0.05, 0) is 38.0 Å². The third-order valence-corrected chi connectivity index (χ3v) is 6.20. The molecule has 0 N–H and O–H groups in total. The lowest BCUT2D eigenvalue weighted by Gasteiger charge is -2.50. The van der Waals surface area contributed by atoms with Gasteiger partial charge in [-0.25, -0.2) is 0 Å². The Balaban J connectivity index is 1.38. The maximum Gasteiger partial charge on any atom is 0.0677 e. The van der Waals surface area contributed by atoms with Gasteiger partial charge in [-0.3, -0.25) is 9.58 Å². The normalized spacial score (nSPS) is 31.6. The van der Waals surface area contributed by atoms with Crippen LogP contribution in [-0.4, -0.2) is 53.7 Å². The van der Waals surface area contributed by atoms with Gasteiger partial charge in [0.15, 0.2) is 0 Å². The number of rotatable bonds is 6. The van der Waals surface area contributed by atoms with Crippen LogP contribution >= 0.6 is 0 Å². The molecule has 0 bridgehead atoms. The lowest BCUT2D eigenvalue weighted by molar-refractivity contribution is -0.157. The fourth-order valence-corrected chi connectivity index (χ4v) is 4.63. The van der Waals surface area contributed by atoms with Crippen molar-refractivity contribution in [1.82, 2.24) is 14.7 Å². The number of piperidine rings is 1. The van der Waals surface area contributed by atoms with Crippen LogP contribution in [0.25, 0.3) is 0 Å². The Morgan fingerprint density at radius 1 is 1.33 bits per heavy atom. The average Bonchev–Trinajstić information content (AvgIpc) is 2.94. The van der Waals surface area contributed by atoms with Crippen molar-refractivity contribution in [2.45, 2.75) is 51.2 Å². The van der Waals surface area contributed by atoms with Crippen LogP contribution < -0.4 is 0 Å². The molecule has 3 fully saturated rings. The van der Waals surface area contributed by atoms with Crippen LogP contribution in [0.4, 0.5) is 0 Å². The minimum atomic E-state index is 0.197. The van der Waals surface area contributed by atoms with Gasteiger partial charge in [-0.2, -0.15) is 5.10 Å². The monoisotopic (exact) mass is 333 g/mol. The van der Waals surface area contributed by atoms with Gasteiger partial charge >= 0.3 is 0 Å². The zero-order chi connectivity index (χ0) is 16.4. The maximum absolute atomic E-state index is 6.22. The summed E-state index contributed by atoms with van der Waals surface area (Å²) < 4.78 is 14.3. The number of hydrogen-bond acceptors (Lipinski definition) is 4. The fourth-order valence-electron chi connectivity index (χ4n) is 4.63. The van der Waals surface area contributed by atoms with E-state index in [4.69, 9.17) is 9.47 Å². The predicted octanol–water partition coefficient (Wildman–Crippen LogP) is 2.61. The van der Waals surface area contributed by atoms with Gasteiger partial charge in [0.1, 0.15) is 0 Å². The summed E-state index contributed by atoms with van der Waals surface area (Å²) in [6.45, 7) is 5.96. The van der Waals surface area contributed by atoms with Crippen molar-refractivity contribution in [3.63, 3.8) is 0 Å². The zero-order valence-corrected chi connectivity index (χ0v) is 15.0. The highest BCUT2D eigenvalue weighted by Gasteiger charge is 2.46. The molecule has 0 amide bonds. The van der Waals surface area contributed by atoms with Crippen LogP contribution in [0.5, 0.6) is 0 Å². The summed E-state index contributed by atoms with van der Waals surface area (Å²) in [5, 5.41) is 4.31. The molecular weight excluding hydrogens is 302 g/mol. The predicted molar refractivity (Wildman–Crippen MR) is 92.7 cm³/mol. The van der Waals surface area contributed by atoms with Gasteiger partial charge < -0.3 is 9.47 Å². The van der Waals surface area contributed by atoms with Crippen molar-refractivity contribution in [2.24, 2.45) is 18.4 Å². The molecule has 4 rings (SSSR count). The minimum absolute atomic E-state index is 0.197. The standard InChI is InChI=1S/C19H31N3O2/c1-21-11-17(10-20-21)12-22-8-6-18-19(14-22,7-3-9-24-18)15-23-13-16-4-2-5-16/h10-11,16,18H,2-9,12-15H2,1H3/t18-,19+/m1/s1. The molecule has 2 saturated heterocycles. The number of aromatic nitrogens is 2. The first-order valence-electron chi connectivity index (χ1n) is 9.63. The highest BCUT2D eigenvalue weighted by Crippen LogP contribution is 2.41. The second-order valence-electron chi connectivity index (χ2n) is 8.16. The van der Waals surface area contributed by atoms with E-state index in [1.807, 2.05) is 17.9 Å². The Kier molecular flexibility index (Phi) is 4.93. The van der Waals surface area contributed by atoms with E-state index in [9.17, 15) is 0 Å². The highest BCUT2D eigenvalue weighted by molar-refractivity contribution is 5.05. The molecule has 0 aromatic carbocycles. The van der Waals surface area contributed by atoms with E-state index in [0.29, 0.717) is 6.10 Å². The van der Waals surface area contributed by atoms with E-state index in [1.54, 1.807) is 0 Å². The largest absolute Gasteiger partial charge is 0.380 e. The number of nitrogens with zero attached hydrogens (tertiary/aromatic N) is 3. The Labute approximate surface area is 145 Å². The number of aryl methyl sites for hydroxylation is 1. The molecular formula is C19H31N3O2. The van der Waals surface area contributed by atoms with Crippen LogP contribution in [0, 0.1) is 11.3 Å². The summed E-state index contributed by atoms with van der Waals surface area (Å²) in [6, 6.07) is 0. The molecule has 3 aliphatic rings. The van der Waals surface area contributed by atoms with Crippen LogP contribution in [0.15, 0.2) is 12.4 Å². The summed E-state index contributed by atoms with van der Waals surface area (Å²) in [5.74, 6) is 0.819. The van der Waals surface area contributed by atoms with Crippen LogP contribution in [0.3, 0.4) is 0 Å². The van der Waals surface area contributed by atoms with E-state index >= 15 is 0 Å².